The molecule has 0 saturated carbocycles. The predicted molar refractivity (Wildman–Crippen MR) is 124 cm³/mol. The van der Waals surface area contributed by atoms with Crippen LogP contribution in [0.4, 0.5) is 4.79 Å². The summed E-state index contributed by atoms with van der Waals surface area (Å²) in [6, 6.07) is 7.35. The Morgan fingerprint density at radius 3 is 2.47 bits per heavy atom. The van der Waals surface area contributed by atoms with Crippen LogP contribution in [0.25, 0.3) is 0 Å². The van der Waals surface area contributed by atoms with Crippen molar-refractivity contribution < 1.29 is 19.7 Å². The summed E-state index contributed by atoms with van der Waals surface area (Å²) in [6.07, 6.45) is 3.13. The van der Waals surface area contributed by atoms with Crippen LogP contribution in [0, 0.1) is 10.8 Å². The molecule has 1 N–H and O–H groups in total. The van der Waals surface area contributed by atoms with E-state index in [0.717, 1.165) is 30.8 Å². The summed E-state index contributed by atoms with van der Waals surface area (Å²) in [5.74, 6) is 0.802. The van der Waals surface area contributed by atoms with E-state index >= 15 is 0 Å². The van der Waals surface area contributed by atoms with Crippen LogP contribution in [0.3, 0.4) is 0 Å². The first-order chi connectivity index (χ1) is 14.9. The molecule has 1 aromatic carbocycles. The Morgan fingerprint density at radius 2 is 1.88 bits per heavy atom. The van der Waals surface area contributed by atoms with Gasteiger partial charge in [-0.2, -0.15) is 0 Å². The summed E-state index contributed by atoms with van der Waals surface area (Å²) in [5, 5.41) is 23.0. The van der Waals surface area contributed by atoms with Crippen molar-refractivity contribution in [3.63, 3.8) is 0 Å². The molecule has 0 bridgehead atoms. The number of carbonyl (C=O) groups is 1. The Kier molecular flexibility index (Phi) is 7.45. The normalized spacial score (nSPS) is 26.7. The lowest BCUT2D eigenvalue weighted by molar-refractivity contribution is -0.274. The summed E-state index contributed by atoms with van der Waals surface area (Å²) < 4.78 is 5.95. The molecule has 0 aromatic heterocycles. The number of piperidine rings is 2. The van der Waals surface area contributed by atoms with Crippen molar-refractivity contribution in [2.75, 3.05) is 32.8 Å². The maximum absolute atomic E-state index is 11.6. The standard InChI is InChI=1S/C26H42N2O4/c1-24(2,3)22-18-26(31,13-16-28(22)23(29)30)20-8-10-21(11-9-20)32-17-7-15-27-14-6-12-25(4,5)19-27/h8-11,22,31H,6-7,12-19H2,1-5H3,(H,29,30)/p-1. The highest BCUT2D eigenvalue weighted by molar-refractivity contribution is 5.63. The average molecular weight is 446 g/mol. The molecule has 0 aliphatic carbocycles. The number of carbonyl (C=O) groups excluding carboxylic acids is 1. The Labute approximate surface area is 193 Å². The highest BCUT2D eigenvalue weighted by Gasteiger charge is 2.44. The van der Waals surface area contributed by atoms with Crippen molar-refractivity contribution in [3.8, 4) is 5.75 Å². The zero-order chi connectivity index (χ0) is 23.6. The Morgan fingerprint density at radius 1 is 1.19 bits per heavy atom. The number of rotatable bonds is 6. The fourth-order valence-corrected chi connectivity index (χ4v) is 5.32. The minimum Gasteiger partial charge on any atom is -0.530 e. The monoisotopic (exact) mass is 445 g/mol. The molecule has 3 rings (SSSR count). The van der Waals surface area contributed by atoms with Crippen LogP contribution in [-0.2, 0) is 5.60 Å². The van der Waals surface area contributed by atoms with E-state index in [4.69, 9.17) is 4.74 Å². The van der Waals surface area contributed by atoms with E-state index in [2.05, 4.69) is 18.7 Å². The molecule has 1 aromatic rings. The van der Waals surface area contributed by atoms with Crippen LogP contribution in [0.5, 0.6) is 5.75 Å². The van der Waals surface area contributed by atoms with Gasteiger partial charge >= 0.3 is 0 Å². The molecular weight excluding hydrogens is 404 g/mol. The number of hydrogen-bond acceptors (Lipinski definition) is 5. The van der Waals surface area contributed by atoms with Crippen molar-refractivity contribution in [3.05, 3.63) is 29.8 Å². The summed E-state index contributed by atoms with van der Waals surface area (Å²) >= 11 is 0. The highest BCUT2D eigenvalue weighted by Crippen LogP contribution is 2.42. The lowest BCUT2D eigenvalue weighted by Gasteiger charge is -2.50. The third-order valence-corrected chi connectivity index (χ3v) is 7.17. The minimum atomic E-state index is -1.16. The van der Waals surface area contributed by atoms with E-state index in [1.54, 1.807) is 0 Å². The van der Waals surface area contributed by atoms with Crippen LogP contribution in [0.15, 0.2) is 24.3 Å². The molecule has 1 amide bonds. The van der Waals surface area contributed by atoms with Gasteiger partial charge in [0.15, 0.2) is 0 Å². The second-order valence-electron chi connectivity index (χ2n) is 11.6. The van der Waals surface area contributed by atoms with Gasteiger partial charge in [-0.1, -0.05) is 46.8 Å². The van der Waals surface area contributed by atoms with Gasteiger partial charge in [0, 0.05) is 32.1 Å². The van der Waals surface area contributed by atoms with Crippen molar-refractivity contribution in [1.82, 2.24) is 9.80 Å². The fraction of sp³-hybridized carbons (Fsp3) is 0.731. The van der Waals surface area contributed by atoms with E-state index in [1.807, 2.05) is 45.0 Å². The van der Waals surface area contributed by atoms with Gasteiger partial charge in [-0.25, -0.2) is 0 Å². The lowest BCUT2D eigenvalue weighted by atomic mass is 9.72. The number of likely N-dealkylation sites (tertiary alicyclic amines) is 2. The molecule has 0 radical (unpaired) electrons. The first-order valence-electron chi connectivity index (χ1n) is 12.1. The van der Waals surface area contributed by atoms with Gasteiger partial charge in [-0.05, 0) is 60.8 Å². The van der Waals surface area contributed by atoms with Gasteiger partial charge in [0.05, 0.1) is 12.2 Å². The van der Waals surface area contributed by atoms with Crippen LogP contribution >= 0.6 is 0 Å². The van der Waals surface area contributed by atoms with Crippen molar-refractivity contribution in [1.29, 1.82) is 0 Å². The van der Waals surface area contributed by atoms with E-state index in [-0.39, 0.29) is 18.0 Å². The third kappa shape index (κ3) is 6.16. The van der Waals surface area contributed by atoms with Crippen molar-refractivity contribution >= 4 is 6.09 Å². The first kappa shape index (κ1) is 24.8. The zero-order valence-electron chi connectivity index (χ0n) is 20.5. The minimum absolute atomic E-state index is 0.270. The number of aliphatic hydroxyl groups is 1. The Bertz CT molecular complexity index is 771. The molecule has 32 heavy (non-hydrogen) atoms. The zero-order valence-corrected chi connectivity index (χ0v) is 20.5. The second-order valence-corrected chi connectivity index (χ2v) is 11.6. The summed E-state index contributed by atoms with van der Waals surface area (Å²) in [5.41, 5.74) is -0.115. The number of ether oxygens (including phenoxy) is 1. The molecule has 0 spiro atoms. The van der Waals surface area contributed by atoms with Gasteiger partial charge in [0.25, 0.3) is 0 Å². The van der Waals surface area contributed by atoms with Crippen molar-refractivity contribution in [2.24, 2.45) is 10.8 Å². The number of nitrogens with zero attached hydrogens (tertiary/aromatic N) is 2. The number of benzene rings is 1. The fourth-order valence-electron chi connectivity index (χ4n) is 5.32. The third-order valence-electron chi connectivity index (χ3n) is 7.17. The number of hydrogen-bond donors (Lipinski definition) is 1. The molecule has 6 heteroatoms. The van der Waals surface area contributed by atoms with E-state index in [1.165, 1.54) is 24.3 Å². The SMILES string of the molecule is CC1(C)CCCN(CCCOc2ccc(C3(O)CCN(C(=O)[O-])C(C(C)(C)C)C3)cc2)C1. The molecule has 2 saturated heterocycles. The predicted octanol–water partition coefficient (Wildman–Crippen LogP) is 3.62. The molecule has 2 atom stereocenters. The molecule has 2 aliphatic heterocycles. The van der Waals surface area contributed by atoms with Crippen molar-refractivity contribution in [2.45, 2.75) is 78.4 Å². The molecule has 2 unspecified atom stereocenters. The second kappa shape index (κ2) is 9.60. The molecule has 2 aliphatic rings. The maximum Gasteiger partial charge on any atom is 0.137 e. The lowest BCUT2D eigenvalue weighted by Crippen LogP contribution is -2.59. The molecule has 180 valence electrons. The topological polar surface area (TPSA) is 76.1 Å². The van der Waals surface area contributed by atoms with Crippen LogP contribution in [-0.4, -0.2) is 59.8 Å². The average Bonchev–Trinajstić information content (AvgIpc) is 2.70. The molecule has 2 heterocycles. The van der Waals surface area contributed by atoms with E-state index in [0.29, 0.717) is 24.9 Å². The summed E-state index contributed by atoms with van der Waals surface area (Å²) in [4.78, 5) is 15.5. The molecule has 6 nitrogen and oxygen atoms in total. The smallest absolute Gasteiger partial charge is 0.137 e. The number of carboxylic acid groups (broad SMARTS) is 1. The largest absolute Gasteiger partial charge is 0.530 e. The Balaban J connectivity index is 1.54. The molecular formula is C26H41N2O4-. The van der Waals surface area contributed by atoms with Gasteiger partial charge in [0.1, 0.15) is 11.8 Å². The quantitative estimate of drug-likeness (QED) is 0.677. The first-order valence-corrected chi connectivity index (χ1v) is 12.1. The van der Waals surface area contributed by atoms with Crippen LogP contribution < -0.4 is 9.84 Å². The van der Waals surface area contributed by atoms with E-state index in [9.17, 15) is 15.0 Å². The summed E-state index contributed by atoms with van der Waals surface area (Å²) in [7, 11) is 0. The van der Waals surface area contributed by atoms with Crippen LogP contribution in [0.2, 0.25) is 0 Å². The maximum atomic E-state index is 11.6. The van der Waals surface area contributed by atoms with Gasteiger partial charge in [-0.15, -0.1) is 0 Å². The van der Waals surface area contributed by atoms with Gasteiger partial charge in [0.2, 0.25) is 0 Å². The summed E-state index contributed by atoms with van der Waals surface area (Å²) in [6.45, 7) is 15.0. The highest BCUT2D eigenvalue weighted by atomic mass is 16.5. The van der Waals surface area contributed by atoms with Crippen LogP contribution in [0.1, 0.15) is 72.3 Å². The van der Waals surface area contributed by atoms with E-state index < -0.39 is 11.7 Å². The van der Waals surface area contributed by atoms with Gasteiger partial charge in [-0.3, -0.25) is 0 Å². The van der Waals surface area contributed by atoms with Gasteiger partial charge < -0.3 is 29.5 Å². The number of amides is 1. The Hall–Kier alpha value is -1.79. The molecule has 2 fully saturated rings.